The first-order valence-corrected chi connectivity index (χ1v) is 10.9. The van der Waals surface area contributed by atoms with Gasteiger partial charge in [-0.05, 0) is 69.2 Å². The van der Waals surface area contributed by atoms with Gasteiger partial charge in [0.1, 0.15) is 6.17 Å². The van der Waals surface area contributed by atoms with E-state index in [4.69, 9.17) is 5.26 Å². The third kappa shape index (κ3) is 7.63. The van der Waals surface area contributed by atoms with E-state index in [-0.39, 0.29) is 5.92 Å². The number of alkyl halides is 1. The highest BCUT2D eigenvalue weighted by molar-refractivity contribution is 5.27. The Morgan fingerprint density at radius 1 is 1.03 bits per heavy atom. The van der Waals surface area contributed by atoms with Gasteiger partial charge in [0.15, 0.2) is 0 Å². The topological polar surface area (TPSA) is 27.0 Å². The molecule has 2 aromatic rings. The Bertz CT molecular complexity index is 734. The molecule has 0 saturated heterocycles. The molecule has 2 nitrogen and oxygen atoms in total. The molecule has 2 aromatic carbocycles. The van der Waals surface area contributed by atoms with Crippen LogP contribution in [0.2, 0.25) is 0 Å². The Hall–Kier alpha value is -2.18. The first-order chi connectivity index (χ1) is 14.0. The first kappa shape index (κ1) is 23.1. The molecule has 0 radical (unpaired) electrons. The highest BCUT2D eigenvalue weighted by atomic mass is 19.1. The fourth-order valence-corrected chi connectivity index (χ4v) is 4.05. The van der Waals surface area contributed by atoms with Crippen LogP contribution in [0.5, 0.6) is 0 Å². The highest BCUT2D eigenvalue weighted by Gasteiger charge is 2.28. The second kappa shape index (κ2) is 12.4. The van der Waals surface area contributed by atoms with Crippen LogP contribution in [0.4, 0.5) is 4.39 Å². The van der Waals surface area contributed by atoms with Gasteiger partial charge in [0.05, 0.1) is 6.07 Å². The van der Waals surface area contributed by atoms with Gasteiger partial charge in [0, 0.05) is 25.4 Å². The maximum Gasteiger partial charge on any atom is 0.107 e. The number of benzene rings is 2. The molecule has 1 saturated carbocycles. The lowest BCUT2D eigenvalue weighted by molar-refractivity contribution is 0.210. The Balaban J connectivity index is 0.000000941. The third-order valence-corrected chi connectivity index (χ3v) is 5.71. The van der Waals surface area contributed by atoms with Crippen LogP contribution in [0.25, 0.3) is 0 Å². The first-order valence-electron chi connectivity index (χ1n) is 10.9. The molecule has 0 spiro atoms. The second-order valence-electron chi connectivity index (χ2n) is 8.17. The summed E-state index contributed by atoms with van der Waals surface area (Å²) in [5, 5.41) is 7.32. The van der Waals surface area contributed by atoms with Crippen molar-refractivity contribution in [3.05, 3.63) is 71.3 Å². The van der Waals surface area contributed by atoms with Gasteiger partial charge in [-0.3, -0.25) is 4.90 Å². The number of nitrogens with zero attached hydrogens (tertiary/aromatic N) is 2. The number of aryl methyl sites for hydroxylation is 1. The SMILES string of the molecule is CC#N.CC(C)N(CCCc1ccc(C2CCCC2F)cc1)Cc1ccccc1. The molecule has 1 aliphatic rings. The van der Waals surface area contributed by atoms with E-state index >= 15 is 0 Å². The highest BCUT2D eigenvalue weighted by Crippen LogP contribution is 2.36. The lowest BCUT2D eigenvalue weighted by Crippen LogP contribution is -2.31. The number of hydrogen-bond acceptors (Lipinski definition) is 2. The smallest absolute Gasteiger partial charge is 0.107 e. The van der Waals surface area contributed by atoms with Crippen molar-refractivity contribution in [2.24, 2.45) is 0 Å². The van der Waals surface area contributed by atoms with E-state index in [9.17, 15) is 4.39 Å². The predicted octanol–water partition coefficient (Wildman–Crippen LogP) is 6.67. The minimum absolute atomic E-state index is 0.131. The van der Waals surface area contributed by atoms with Crippen LogP contribution in [0.3, 0.4) is 0 Å². The summed E-state index contributed by atoms with van der Waals surface area (Å²) in [6, 6.07) is 21.7. The molecule has 0 aromatic heterocycles. The van der Waals surface area contributed by atoms with Crippen molar-refractivity contribution in [3.63, 3.8) is 0 Å². The summed E-state index contributed by atoms with van der Waals surface area (Å²) < 4.78 is 13.9. The van der Waals surface area contributed by atoms with Gasteiger partial charge < -0.3 is 0 Å². The molecule has 156 valence electrons. The lowest BCUT2D eigenvalue weighted by Gasteiger charge is -2.26. The Morgan fingerprint density at radius 2 is 1.69 bits per heavy atom. The van der Waals surface area contributed by atoms with Crippen molar-refractivity contribution < 1.29 is 4.39 Å². The molecule has 2 unspecified atom stereocenters. The predicted molar refractivity (Wildman–Crippen MR) is 120 cm³/mol. The van der Waals surface area contributed by atoms with Gasteiger partial charge in [-0.25, -0.2) is 4.39 Å². The van der Waals surface area contributed by atoms with Crippen LogP contribution >= 0.6 is 0 Å². The van der Waals surface area contributed by atoms with Gasteiger partial charge in [0.25, 0.3) is 0 Å². The molecule has 2 atom stereocenters. The molecular formula is C26H35FN2. The third-order valence-electron chi connectivity index (χ3n) is 5.71. The number of hydrogen-bond donors (Lipinski definition) is 0. The van der Waals surface area contributed by atoms with Crippen molar-refractivity contribution in [1.29, 1.82) is 5.26 Å². The largest absolute Gasteiger partial charge is 0.297 e. The van der Waals surface area contributed by atoms with Gasteiger partial charge in [-0.1, -0.05) is 54.6 Å². The molecule has 3 heteroatoms. The van der Waals surface area contributed by atoms with E-state index in [1.54, 1.807) is 6.07 Å². The van der Waals surface area contributed by atoms with Crippen LogP contribution in [0.1, 0.15) is 69.1 Å². The van der Waals surface area contributed by atoms with E-state index in [1.807, 2.05) is 0 Å². The molecule has 0 heterocycles. The van der Waals surface area contributed by atoms with Crippen LogP contribution < -0.4 is 0 Å². The summed E-state index contributed by atoms with van der Waals surface area (Å²) in [5.41, 5.74) is 3.93. The summed E-state index contributed by atoms with van der Waals surface area (Å²) in [4.78, 5) is 2.54. The van der Waals surface area contributed by atoms with Crippen LogP contribution in [0.15, 0.2) is 54.6 Å². The molecule has 0 amide bonds. The fourth-order valence-electron chi connectivity index (χ4n) is 4.05. The quantitative estimate of drug-likeness (QED) is 0.500. The molecule has 0 aliphatic heterocycles. The molecule has 29 heavy (non-hydrogen) atoms. The van der Waals surface area contributed by atoms with Gasteiger partial charge in [-0.15, -0.1) is 0 Å². The van der Waals surface area contributed by atoms with Crippen LogP contribution in [-0.2, 0) is 13.0 Å². The van der Waals surface area contributed by atoms with Crippen LogP contribution in [-0.4, -0.2) is 23.7 Å². The van der Waals surface area contributed by atoms with Crippen molar-refractivity contribution in [1.82, 2.24) is 4.90 Å². The lowest BCUT2D eigenvalue weighted by atomic mass is 9.95. The van der Waals surface area contributed by atoms with Gasteiger partial charge >= 0.3 is 0 Å². The van der Waals surface area contributed by atoms with E-state index in [0.29, 0.717) is 6.04 Å². The summed E-state index contributed by atoms with van der Waals surface area (Å²) in [6.07, 6.45) is 4.36. The molecular weight excluding hydrogens is 359 g/mol. The monoisotopic (exact) mass is 394 g/mol. The van der Waals surface area contributed by atoms with E-state index in [2.05, 4.69) is 73.3 Å². The number of halogens is 1. The number of nitriles is 1. The molecule has 0 bridgehead atoms. The summed E-state index contributed by atoms with van der Waals surface area (Å²) >= 11 is 0. The molecule has 0 N–H and O–H groups in total. The zero-order valence-corrected chi connectivity index (χ0v) is 18.2. The second-order valence-corrected chi connectivity index (χ2v) is 8.17. The minimum Gasteiger partial charge on any atom is -0.297 e. The fraction of sp³-hybridized carbons (Fsp3) is 0.500. The zero-order valence-electron chi connectivity index (χ0n) is 18.2. The average molecular weight is 395 g/mol. The minimum atomic E-state index is -0.640. The Morgan fingerprint density at radius 3 is 2.24 bits per heavy atom. The normalized spacial score (nSPS) is 18.4. The Labute approximate surface area is 176 Å². The summed E-state index contributed by atoms with van der Waals surface area (Å²) in [5.74, 6) is 0.131. The maximum atomic E-state index is 13.9. The summed E-state index contributed by atoms with van der Waals surface area (Å²) in [6.45, 7) is 8.08. The van der Waals surface area contributed by atoms with Crippen molar-refractivity contribution in [2.75, 3.05) is 6.54 Å². The summed E-state index contributed by atoms with van der Waals surface area (Å²) in [7, 11) is 0. The van der Waals surface area contributed by atoms with Crippen molar-refractivity contribution >= 4 is 0 Å². The van der Waals surface area contributed by atoms with Gasteiger partial charge in [-0.2, -0.15) is 5.26 Å². The van der Waals surface area contributed by atoms with E-state index < -0.39 is 6.17 Å². The molecule has 1 aliphatic carbocycles. The maximum absolute atomic E-state index is 13.9. The van der Waals surface area contributed by atoms with Gasteiger partial charge in [0.2, 0.25) is 0 Å². The Kier molecular flexibility index (Phi) is 9.88. The molecule has 1 fully saturated rings. The van der Waals surface area contributed by atoms with Crippen molar-refractivity contribution in [2.45, 2.75) is 77.6 Å². The average Bonchev–Trinajstić information content (AvgIpc) is 3.15. The molecule has 3 rings (SSSR count). The van der Waals surface area contributed by atoms with E-state index in [0.717, 1.165) is 45.2 Å². The number of rotatable bonds is 8. The van der Waals surface area contributed by atoms with Crippen LogP contribution in [0, 0.1) is 11.3 Å². The van der Waals surface area contributed by atoms with E-state index in [1.165, 1.54) is 23.6 Å². The zero-order chi connectivity index (χ0) is 21.1. The standard InChI is InChI=1S/C24H32FN.C2H3N/c1-19(2)26(18-21-8-4-3-5-9-21)17-7-10-20-13-15-22(16-14-20)23-11-6-12-24(23)25;1-2-3/h3-5,8-9,13-16,19,23-24H,6-7,10-12,17-18H2,1-2H3;1H3. The van der Waals surface area contributed by atoms with Crippen molar-refractivity contribution in [3.8, 4) is 6.07 Å².